The van der Waals surface area contributed by atoms with E-state index in [1.807, 2.05) is 0 Å². The molecule has 0 aromatic carbocycles. The molecular formula is C18H32O8S. The topological polar surface area (TPSA) is 135 Å². The Labute approximate surface area is 161 Å². The number of hydrogen-bond donors (Lipinski definition) is 2. The van der Waals surface area contributed by atoms with E-state index in [1.165, 1.54) is 32.1 Å². The Morgan fingerprint density at radius 1 is 0.852 bits per heavy atom. The molecule has 158 valence electrons. The van der Waals surface area contributed by atoms with E-state index in [0.717, 1.165) is 19.3 Å². The molecular weight excluding hydrogens is 376 g/mol. The fourth-order valence-corrected chi connectivity index (χ4v) is 3.17. The zero-order chi connectivity index (χ0) is 20.7. The van der Waals surface area contributed by atoms with Crippen LogP contribution in [0, 0.1) is 0 Å². The summed E-state index contributed by atoms with van der Waals surface area (Å²) >= 11 is 0. The monoisotopic (exact) mass is 408 g/mol. The van der Waals surface area contributed by atoms with Crippen molar-refractivity contribution in [2.24, 2.45) is 0 Å². The Morgan fingerprint density at radius 3 is 1.85 bits per heavy atom. The molecule has 0 heterocycles. The summed E-state index contributed by atoms with van der Waals surface area (Å²) in [7, 11) is -4.76. The van der Waals surface area contributed by atoms with Gasteiger partial charge in [-0.05, 0) is 6.42 Å². The van der Waals surface area contributed by atoms with Gasteiger partial charge in [0.05, 0.1) is 19.3 Å². The average Bonchev–Trinajstić information content (AvgIpc) is 2.57. The Hall–Kier alpha value is -1.48. The van der Waals surface area contributed by atoms with E-state index >= 15 is 0 Å². The number of rotatable bonds is 17. The molecule has 9 heteroatoms. The standard InChI is InChI=1S/C18H32O8S/c1-2-3-4-5-6-7-8-9-10-11-15(19)14-18(27(23,24)25)26-17(22)13-12-16(20)21/h18H,2-14H2,1H3,(H,20,21)(H,23,24,25). The molecule has 0 amide bonds. The number of ether oxygens (including phenoxy) is 1. The molecule has 0 saturated carbocycles. The molecule has 0 spiro atoms. The fraction of sp³-hybridized carbons (Fsp3) is 0.833. The minimum absolute atomic E-state index is 0.147. The molecule has 0 saturated heterocycles. The van der Waals surface area contributed by atoms with Gasteiger partial charge in [-0.15, -0.1) is 0 Å². The van der Waals surface area contributed by atoms with Crippen LogP contribution in [-0.4, -0.2) is 41.2 Å². The van der Waals surface area contributed by atoms with Crippen molar-refractivity contribution in [1.29, 1.82) is 0 Å². The van der Waals surface area contributed by atoms with Crippen molar-refractivity contribution in [2.75, 3.05) is 0 Å². The number of carbonyl (C=O) groups excluding carboxylic acids is 2. The van der Waals surface area contributed by atoms with Crippen molar-refractivity contribution in [3.05, 3.63) is 0 Å². The largest absolute Gasteiger partial charge is 0.481 e. The van der Waals surface area contributed by atoms with Gasteiger partial charge in [0.1, 0.15) is 5.78 Å². The number of unbranched alkanes of at least 4 members (excludes halogenated alkanes) is 8. The molecule has 1 unspecified atom stereocenters. The van der Waals surface area contributed by atoms with Gasteiger partial charge < -0.3 is 9.84 Å². The Morgan fingerprint density at radius 2 is 1.37 bits per heavy atom. The molecule has 0 aromatic heterocycles. The molecule has 0 radical (unpaired) electrons. The van der Waals surface area contributed by atoms with Gasteiger partial charge in [-0.25, -0.2) is 0 Å². The van der Waals surface area contributed by atoms with E-state index < -0.39 is 52.5 Å². The van der Waals surface area contributed by atoms with E-state index in [9.17, 15) is 22.8 Å². The van der Waals surface area contributed by atoms with Gasteiger partial charge in [0.25, 0.3) is 0 Å². The van der Waals surface area contributed by atoms with Crippen LogP contribution in [0.3, 0.4) is 0 Å². The maximum absolute atomic E-state index is 11.9. The van der Waals surface area contributed by atoms with Crippen molar-refractivity contribution >= 4 is 27.8 Å². The highest BCUT2D eigenvalue weighted by Crippen LogP contribution is 2.14. The minimum atomic E-state index is -4.76. The second-order valence-electron chi connectivity index (χ2n) is 6.65. The molecule has 8 nitrogen and oxygen atoms in total. The summed E-state index contributed by atoms with van der Waals surface area (Å²) in [6, 6.07) is 0. The second-order valence-corrected chi connectivity index (χ2v) is 8.21. The minimum Gasteiger partial charge on any atom is -0.481 e. The number of Topliss-reactive ketones (excluding diaryl/α,β-unsaturated/α-hetero) is 1. The van der Waals surface area contributed by atoms with Crippen molar-refractivity contribution in [3.63, 3.8) is 0 Å². The van der Waals surface area contributed by atoms with Crippen LogP contribution in [-0.2, 0) is 29.2 Å². The van der Waals surface area contributed by atoms with Crippen LogP contribution >= 0.6 is 0 Å². The summed E-state index contributed by atoms with van der Waals surface area (Å²) in [5.74, 6) is -2.75. The molecule has 0 fully saturated rings. The first-order valence-electron chi connectivity index (χ1n) is 9.56. The zero-order valence-electron chi connectivity index (χ0n) is 16.0. The number of carboxylic acid groups (broad SMARTS) is 1. The quantitative estimate of drug-likeness (QED) is 0.212. The van der Waals surface area contributed by atoms with Gasteiger partial charge in [-0.1, -0.05) is 58.3 Å². The molecule has 0 aromatic rings. The van der Waals surface area contributed by atoms with Crippen molar-refractivity contribution < 1.29 is 37.2 Å². The third-order valence-electron chi connectivity index (χ3n) is 4.09. The first-order valence-corrected chi connectivity index (χ1v) is 11.1. The second kappa shape index (κ2) is 14.6. The van der Waals surface area contributed by atoms with Gasteiger partial charge in [-0.3, -0.25) is 18.9 Å². The number of aliphatic carboxylic acids is 1. The number of esters is 1. The van der Waals surface area contributed by atoms with Crippen molar-refractivity contribution in [1.82, 2.24) is 0 Å². The molecule has 2 N–H and O–H groups in total. The summed E-state index contributed by atoms with van der Waals surface area (Å²) in [5.41, 5.74) is -1.98. The van der Waals surface area contributed by atoms with Gasteiger partial charge in [0, 0.05) is 6.42 Å². The third kappa shape index (κ3) is 15.3. The van der Waals surface area contributed by atoms with Crippen LogP contribution in [0.5, 0.6) is 0 Å². The highest BCUT2D eigenvalue weighted by Gasteiger charge is 2.29. The molecule has 0 bridgehead atoms. The predicted octanol–water partition coefficient (Wildman–Crippen LogP) is 3.49. The Kier molecular flexibility index (Phi) is 13.8. The maximum Gasteiger partial charge on any atom is 0.307 e. The van der Waals surface area contributed by atoms with Crippen LogP contribution in [0.2, 0.25) is 0 Å². The van der Waals surface area contributed by atoms with Crippen LogP contribution in [0.15, 0.2) is 0 Å². The van der Waals surface area contributed by atoms with Crippen molar-refractivity contribution in [3.8, 4) is 0 Å². The smallest absolute Gasteiger partial charge is 0.307 e. The highest BCUT2D eigenvalue weighted by atomic mass is 32.2. The molecule has 27 heavy (non-hydrogen) atoms. The number of carbonyl (C=O) groups is 3. The van der Waals surface area contributed by atoms with E-state index in [-0.39, 0.29) is 6.42 Å². The van der Waals surface area contributed by atoms with E-state index in [4.69, 9.17) is 9.66 Å². The lowest BCUT2D eigenvalue weighted by Crippen LogP contribution is -2.29. The van der Waals surface area contributed by atoms with Crippen LogP contribution in [0.25, 0.3) is 0 Å². The van der Waals surface area contributed by atoms with Gasteiger partial charge >= 0.3 is 22.1 Å². The van der Waals surface area contributed by atoms with Crippen LogP contribution in [0.1, 0.15) is 90.4 Å². The normalized spacial score (nSPS) is 12.5. The summed E-state index contributed by atoms with van der Waals surface area (Å²) in [6.45, 7) is 2.17. The van der Waals surface area contributed by atoms with E-state index in [0.29, 0.717) is 6.42 Å². The lowest BCUT2D eigenvalue weighted by Gasteiger charge is -2.14. The molecule has 0 aliphatic heterocycles. The number of carboxylic acids is 1. The number of ketones is 1. The lowest BCUT2D eigenvalue weighted by atomic mass is 10.0. The first kappa shape index (κ1) is 25.5. The van der Waals surface area contributed by atoms with Gasteiger partial charge in [-0.2, -0.15) is 8.42 Å². The molecule has 0 aliphatic rings. The number of hydrogen-bond acceptors (Lipinski definition) is 6. The van der Waals surface area contributed by atoms with Crippen LogP contribution in [0.4, 0.5) is 0 Å². The van der Waals surface area contributed by atoms with Crippen LogP contribution < -0.4 is 0 Å². The van der Waals surface area contributed by atoms with Gasteiger partial charge in [0.2, 0.25) is 5.44 Å². The summed E-state index contributed by atoms with van der Waals surface area (Å²) < 4.78 is 36.2. The average molecular weight is 409 g/mol. The maximum atomic E-state index is 11.9. The summed E-state index contributed by atoms with van der Waals surface area (Å²) in [5, 5.41) is 8.48. The third-order valence-corrected chi connectivity index (χ3v) is 5.02. The lowest BCUT2D eigenvalue weighted by molar-refractivity contribution is -0.150. The van der Waals surface area contributed by atoms with Crippen molar-refractivity contribution in [2.45, 2.75) is 95.8 Å². The predicted molar refractivity (Wildman–Crippen MR) is 99.8 cm³/mol. The molecule has 0 aliphatic carbocycles. The Balaban J connectivity index is 4.09. The zero-order valence-corrected chi connectivity index (χ0v) is 16.8. The SMILES string of the molecule is CCCCCCCCCCCC(=O)CC(OC(=O)CCC(=O)O)S(=O)(=O)O. The first-order chi connectivity index (χ1) is 12.7. The Bertz CT molecular complexity index is 556. The highest BCUT2D eigenvalue weighted by molar-refractivity contribution is 7.86. The molecule has 0 rings (SSSR count). The van der Waals surface area contributed by atoms with E-state index in [2.05, 4.69) is 11.7 Å². The molecule has 1 atom stereocenters. The fourth-order valence-electron chi connectivity index (χ4n) is 2.54. The van der Waals surface area contributed by atoms with E-state index in [1.54, 1.807) is 0 Å². The summed E-state index contributed by atoms with van der Waals surface area (Å²) in [6.07, 6.45) is 8.13. The van der Waals surface area contributed by atoms with Gasteiger partial charge in [0.15, 0.2) is 0 Å². The summed E-state index contributed by atoms with van der Waals surface area (Å²) in [4.78, 5) is 33.7.